The summed E-state index contributed by atoms with van der Waals surface area (Å²) in [6.07, 6.45) is 2.44. The number of aryl methyl sites for hydroxylation is 1. The van der Waals surface area contributed by atoms with Crippen molar-refractivity contribution in [2.24, 2.45) is 0 Å². The van der Waals surface area contributed by atoms with Gasteiger partial charge in [0, 0.05) is 12.1 Å². The van der Waals surface area contributed by atoms with E-state index in [0.717, 1.165) is 30.9 Å². The Hall–Kier alpha value is -0.730. The van der Waals surface area contributed by atoms with E-state index in [1.807, 2.05) is 6.07 Å². The highest BCUT2D eigenvalue weighted by atomic mass is 35.5. The number of ether oxygens (including phenoxy) is 1. The van der Waals surface area contributed by atoms with Crippen molar-refractivity contribution in [1.82, 2.24) is 4.90 Å². The maximum atomic E-state index is 6.59. The fourth-order valence-electron chi connectivity index (χ4n) is 2.18. The van der Waals surface area contributed by atoms with Gasteiger partial charge in [0.25, 0.3) is 0 Å². The van der Waals surface area contributed by atoms with Crippen molar-refractivity contribution in [1.29, 1.82) is 0 Å². The molecule has 3 heteroatoms. The van der Waals surface area contributed by atoms with Gasteiger partial charge in [-0.15, -0.1) is 11.6 Å². The molecule has 1 rings (SSSR count). The lowest BCUT2D eigenvalue weighted by atomic mass is 10.1. The largest absolute Gasteiger partial charge is 0.496 e. The van der Waals surface area contributed by atoms with Gasteiger partial charge in [0.05, 0.1) is 12.5 Å². The fraction of sp³-hybridized carbons (Fsp3) is 0.625. The Kier molecular flexibility index (Phi) is 7.25. The number of methoxy groups -OCH3 is 1. The van der Waals surface area contributed by atoms with E-state index >= 15 is 0 Å². The number of hydrogen-bond donors (Lipinski definition) is 0. The van der Waals surface area contributed by atoms with Gasteiger partial charge in [-0.3, -0.25) is 0 Å². The van der Waals surface area contributed by atoms with Crippen LogP contribution in [0.1, 0.15) is 43.2 Å². The zero-order valence-electron chi connectivity index (χ0n) is 12.6. The minimum Gasteiger partial charge on any atom is -0.496 e. The van der Waals surface area contributed by atoms with Crippen LogP contribution in [0, 0.1) is 6.92 Å². The van der Waals surface area contributed by atoms with Gasteiger partial charge in [-0.1, -0.05) is 38.0 Å². The molecule has 0 radical (unpaired) electrons. The summed E-state index contributed by atoms with van der Waals surface area (Å²) in [5, 5.41) is -0.0216. The first-order valence-corrected chi connectivity index (χ1v) is 7.56. The van der Waals surface area contributed by atoms with Crippen molar-refractivity contribution in [3.63, 3.8) is 0 Å². The minimum atomic E-state index is -0.0216. The van der Waals surface area contributed by atoms with E-state index in [4.69, 9.17) is 16.3 Å². The molecule has 1 unspecified atom stereocenters. The van der Waals surface area contributed by atoms with Crippen LogP contribution in [-0.2, 0) is 0 Å². The highest BCUT2D eigenvalue weighted by Crippen LogP contribution is 2.31. The van der Waals surface area contributed by atoms with Gasteiger partial charge in [-0.2, -0.15) is 0 Å². The van der Waals surface area contributed by atoms with Crippen LogP contribution in [0.15, 0.2) is 18.2 Å². The van der Waals surface area contributed by atoms with Gasteiger partial charge in [0.2, 0.25) is 0 Å². The van der Waals surface area contributed by atoms with E-state index in [1.54, 1.807) is 7.11 Å². The third-order valence-electron chi connectivity index (χ3n) is 3.42. The van der Waals surface area contributed by atoms with Gasteiger partial charge < -0.3 is 9.64 Å². The maximum Gasteiger partial charge on any atom is 0.123 e. The Morgan fingerprint density at radius 1 is 1.32 bits per heavy atom. The predicted octanol–water partition coefficient (Wildman–Crippen LogP) is 4.41. The highest BCUT2D eigenvalue weighted by molar-refractivity contribution is 6.21. The highest BCUT2D eigenvalue weighted by Gasteiger charge is 2.16. The lowest BCUT2D eigenvalue weighted by Gasteiger charge is -2.24. The van der Waals surface area contributed by atoms with Gasteiger partial charge in [-0.05, 0) is 32.5 Å². The first-order chi connectivity index (χ1) is 9.12. The van der Waals surface area contributed by atoms with Crippen LogP contribution in [0.2, 0.25) is 0 Å². The van der Waals surface area contributed by atoms with Crippen LogP contribution in [0.5, 0.6) is 5.75 Å². The fourth-order valence-corrected chi connectivity index (χ4v) is 2.55. The molecule has 108 valence electrons. The summed E-state index contributed by atoms with van der Waals surface area (Å²) in [6, 6.07) is 6.19. The molecule has 0 aliphatic heterocycles. The van der Waals surface area contributed by atoms with E-state index in [2.05, 4.69) is 37.8 Å². The molecule has 0 fully saturated rings. The van der Waals surface area contributed by atoms with Crippen LogP contribution >= 0.6 is 11.6 Å². The monoisotopic (exact) mass is 283 g/mol. The smallest absolute Gasteiger partial charge is 0.123 e. The van der Waals surface area contributed by atoms with Crippen LogP contribution in [-0.4, -0.2) is 31.6 Å². The summed E-state index contributed by atoms with van der Waals surface area (Å²) in [4.78, 5) is 2.41. The molecule has 0 aliphatic carbocycles. The SMILES string of the molecule is CCCCN(CC)CC(Cl)c1cc(C)ccc1OC. The molecule has 0 bridgehead atoms. The van der Waals surface area contributed by atoms with Crippen LogP contribution in [0.3, 0.4) is 0 Å². The number of nitrogens with zero attached hydrogens (tertiary/aromatic N) is 1. The van der Waals surface area contributed by atoms with Gasteiger partial charge >= 0.3 is 0 Å². The lowest BCUT2D eigenvalue weighted by molar-refractivity contribution is 0.282. The van der Waals surface area contributed by atoms with Gasteiger partial charge in [0.15, 0.2) is 0 Å². The Morgan fingerprint density at radius 2 is 2.05 bits per heavy atom. The van der Waals surface area contributed by atoms with Crippen LogP contribution in [0.4, 0.5) is 0 Å². The third kappa shape index (κ3) is 5.04. The summed E-state index contributed by atoms with van der Waals surface area (Å²) in [5.74, 6) is 0.886. The van der Waals surface area contributed by atoms with E-state index in [9.17, 15) is 0 Å². The molecule has 0 saturated carbocycles. The first kappa shape index (κ1) is 16.3. The average Bonchev–Trinajstić information content (AvgIpc) is 2.43. The van der Waals surface area contributed by atoms with E-state index in [0.29, 0.717) is 0 Å². The molecular formula is C16H26ClNO. The van der Waals surface area contributed by atoms with E-state index in [1.165, 1.54) is 18.4 Å². The number of benzene rings is 1. The topological polar surface area (TPSA) is 12.5 Å². The predicted molar refractivity (Wildman–Crippen MR) is 83.3 cm³/mol. The number of alkyl halides is 1. The summed E-state index contributed by atoms with van der Waals surface area (Å²) in [7, 11) is 1.70. The standard InChI is InChI=1S/C16H26ClNO/c1-5-7-10-18(6-2)12-15(17)14-11-13(3)8-9-16(14)19-4/h8-9,11,15H,5-7,10,12H2,1-4H3. The number of rotatable bonds is 8. The van der Waals surface area contributed by atoms with Gasteiger partial charge in [-0.25, -0.2) is 0 Å². The molecule has 0 spiro atoms. The zero-order chi connectivity index (χ0) is 14.3. The molecule has 2 nitrogen and oxygen atoms in total. The molecule has 1 atom stereocenters. The molecule has 1 aromatic carbocycles. The second-order valence-corrected chi connectivity index (χ2v) is 5.49. The van der Waals surface area contributed by atoms with Crippen molar-refractivity contribution in [3.8, 4) is 5.75 Å². The lowest BCUT2D eigenvalue weighted by Crippen LogP contribution is -2.28. The molecule has 0 saturated heterocycles. The molecule has 0 aromatic heterocycles. The second kappa shape index (κ2) is 8.44. The quantitative estimate of drug-likeness (QED) is 0.656. The molecule has 1 aromatic rings. The Balaban J connectivity index is 2.75. The molecular weight excluding hydrogens is 258 g/mol. The first-order valence-electron chi connectivity index (χ1n) is 7.13. The Morgan fingerprint density at radius 3 is 2.63 bits per heavy atom. The Labute approximate surface area is 122 Å². The Bertz CT molecular complexity index is 381. The molecule has 0 heterocycles. The number of halogens is 1. The van der Waals surface area contributed by atoms with E-state index < -0.39 is 0 Å². The average molecular weight is 284 g/mol. The molecule has 0 amide bonds. The number of hydrogen-bond acceptors (Lipinski definition) is 2. The molecule has 19 heavy (non-hydrogen) atoms. The molecule has 0 aliphatic rings. The van der Waals surface area contributed by atoms with E-state index in [-0.39, 0.29) is 5.38 Å². The maximum absolute atomic E-state index is 6.59. The molecule has 0 N–H and O–H groups in total. The van der Waals surface area contributed by atoms with Crippen LogP contribution in [0.25, 0.3) is 0 Å². The normalized spacial score (nSPS) is 12.7. The third-order valence-corrected chi connectivity index (χ3v) is 3.79. The van der Waals surface area contributed by atoms with Crippen molar-refractivity contribution in [2.75, 3.05) is 26.7 Å². The second-order valence-electron chi connectivity index (χ2n) is 4.96. The summed E-state index contributed by atoms with van der Waals surface area (Å²) in [6.45, 7) is 9.52. The summed E-state index contributed by atoms with van der Waals surface area (Å²) >= 11 is 6.59. The number of unbranched alkanes of at least 4 members (excludes halogenated alkanes) is 1. The van der Waals surface area contributed by atoms with Crippen LogP contribution < -0.4 is 4.74 Å². The van der Waals surface area contributed by atoms with Crippen molar-refractivity contribution < 1.29 is 4.74 Å². The van der Waals surface area contributed by atoms with Crippen molar-refractivity contribution in [2.45, 2.75) is 39.0 Å². The van der Waals surface area contributed by atoms with Crippen molar-refractivity contribution in [3.05, 3.63) is 29.3 Å². The minimum absolute atomic E-state index is 0.0216. The zero-order valence-corrected chi connectivity index (χ0v) is 13.3. The summed E-state index contributed by atoms with van der Waals surface area (Å²) < 4.78 is 5.41. The number of likely N-dealkylation sites (N-methyl/N-ethyl adjacent to an activating group) is 1. The summed E-state index contributed by atoms with van der Waals surface area (Å²) in [5.41, 5.74) is 2.32. The van der Waals surface area contributed by atoms with Gasteiger partial charge in [0.1, 0.15) is 5.75 Å². The van der Waals surface area contributed by atoms with Crippen molar-refractivity contribution >= 4 is 11.6 Å².